The monoisotopic (exact) mass is 498 g/mol. The van der Waals surface area contributed by atoms with Gasteiger partial charge in [0.2, 0.25) is 0 Å². The second kappa shape index (κ2) is 9.37. The highest BCUT2D eigenvalue weighted by Crippen LogP contribution is 2.28. The molecule has 1 fully saturated rings. The molecule has 0 saturated carbocycles. The Bertz CT molecular complexity index is 1110. The fraction of sp³-hybridized carbons (Fsp3) is 0.292. The first kappa shape index (κ1) is 21.8. The normalized spacial score (nSPS) is 14.1. The summed E-state index contributed by atoms with van der Waals surface area (Å²) in [6.07, 6.45) is 0.679. The summed E-state index contributed by atoms with van der Waals surface area (Å²) in [7, 11) is 0. The molecule has 1 aromatic heterocycles. The maximum absolute atomic E-state index is 12.9. The van der Waals surface area contributed by atoms with Crippen LogP contribution in [0.25, 0.3) is 0 Å². The predicted octanol–water partition coefficient (Wildman–Crippen LogP) is 5.06. The van der Waals surface area contributed by atoms with Gasteiger partial charge in [-0.15, -0.1) is 0 Å². The summed E-state index contributed by atoms with van der Waals surface area (Å²) in [5.41, 5.74) is 3.82. The third kappa shape index (κ3) is 4.91. The van der Waals surface area contributed by atoms with E-state index >= 15 is 0 Å². The number of amides is 1. The summed E-state index contributed by atoms with van der Waals surface area (Å²) in [5, 5.41) is 0.748. The smallest absolute Gasteiger partial charge is 0.254 e. The lowest BCUT2D eigenvalue weighted by molar-refractivity contribution is 0.0746. The van der Waals surface area contributed by atoms with E-state index in [0.717, 1.165) is 51.0 Å². The number of carbonyl (C=O) groups excluding carboxylic acids is 1. The Kier molecular flexibility index (Phi) is 6.58. The number of aromatic nitrogens is 2. The van der Waals surface area contributed by atoms with Crippen molar-refractivity contribution in [1.82, 2.24) is 14.9 Å². The van der Waals surface area contributed by atoms with Gasteiger partial charge in [0.05, 0.1) is 0 Å². The molecule has 2 heterocycles. The van der Waals surface area contributed by atoms with Crippen molar-refractivity contribution >= 4 is 39.3 Å². The Hall–Kier alpha value is -2.44. The van der Waals surface area contributed by atoms with Crippen LogP contribution in [0.2, 0.25) is 5.02 Å². The molecule has 0 N–H and O–H groups in total. The number of carbonyl (C=O) groups is 1. The van der Waals surface area contributed by atoms with E-state index in [-0.39, 0.29) is 5.91 Å². The highest BCUT2D eigenvalue weighted by molar-refractivity contribution is 9.10. The Balaban J connectivity index is 1.54. The van der Waals surface area contributed by atoms with E-state index in [1.165, 1.54) is 0 Å². The number of hydrogen-bond acceptors (Lipinski definition) is 4. The van der Waals surface area contributed by atoms with Crippen molar-refractivity contribution in [2.75, 3.05) is 31.1 Å². The number of hydrogen-bond donors (Lipinski definition) is 0. The van der Waals surface area contributed by atoms with Crippen molar-refractivity contribution in [2.45, 2.75) is 20.3 Å². The molecule has 4 rings (SSSR count). The average Bonchev–Trinajstić information content (AvgIpc) is 2.76. The van der Waals surface area contributed by atoms with Gasteiger partial charge < -0.3 is 9.80 Å². The molecule has 0 aliphatic carbocycles. The summed E-state index contributed by atoms with van der Waals surface area (Å²) in [6, 6.07) is 15.4. The van der Waals surface area contributed by atoms with Crippen molar-refractivity contribution in [3.63, 3.8) is 0 Å². The largest absolute Gasteiger partial charge is 0.353 e. The van der Waals surface area contributed by atoms with Crippen molar-refractivity contribution in [2.24, 2.45) is 0 Å². The second-order valence-electron chi connectivity index (χ2n) is 7.72. The second-order valence-corrected chi connectivity index (χ2v) is 9.04. The summed E-state index contributed by atoms with van der Waals surface area (Å²) in [6.45, 7) is 6.70. The number of halogens is 2. The lowest BCUT2D eigenvalue weighted by Crippen LogP contribution is -2.49. The molecule has 1 aliphatic heterocycles. The minimum Gasteiger partial charge on any atom is -0.353 e. The lowest BCUT2D eigenvalue weighted by atomic mass is 10.0. The highest BCUT2D eigenvalue weighted by atomic mass is 79.9. The van der Waals surface area contributed by atoms with Gasteiger partial charge in [0, 0.05) is 58.9 Å². The molecule has 0 radical (unpaired) electrons. The maximum Gasteiger partial charge on any atom is 0.254 e. The molecular weight excluding hydrogens is 476 g/mol. The van der Waals surface area contributed by atoms with Crippen LogP contribution in [0.1, 0.15) is 33.0 Å². The van der Waals surface area contributed by atoms with Crippen LogP contribution < -0.4 is 4.90 Å². The van der Waals surface area contributed by atoms with Crippen LogP contribution in [0.5, 0.6) is 0 Å². The van der Waals surface area contributed by atoms with Gasteiger partial charge in [-0.25, -0.2) is 9.97 Å². The third-order valence-electron chi connectivity index (χ3n) is 5.57. The molecule has 0 spiro atoms. The van der Waals surface area contributed by atoms with Gasteiger partial charge >= 0.3 is 0 Å². The summed E-state index contributed by atoms with van der Waals surface area (Å²) in [4.78, 5) is 26.4. The van der Waals surface area contributed by atoms with Crippen molar-refractivity contribution < 1.29 is 4.79 Å². The van der Waals surface area contributed by atoms with Gasteiger partial charge in [-0.3, -0.25) is 4.79 Å². The zero-order valence-corrected chi connectivity index (χ0v) is 19.9. The Morgan fingerprint density at radius 1 is 1.03 bits per heavy atom. The number of piperazine rings is 1. The van der Waals surface area contributed by atoms with E-state index in [0.29, 0.717) is 25.1 Å². The van der Waals surface area contributed by atoms with Gasteiger partial charge in [0.15, 0.2) is 0 Å². The Morgan fingerprint density at radius 3 is 2.48 bits per heavy atom. The van der Waals surface area contributed by atoms with Crippen LogP contribution in [0.4, 0.5) is 5.82 Å². The van der Waals surface area contributed by atoms with Crippen LogP contribution >= 0.6 is 27.5 Å². The zero-order valence-electron chi connectivity index (χ0n) is 17.6. The molecule has 31 heavy (non-hydrogen) atoms. The molecule has 0 atom stereocenters. The minimum absolute atomic E-state index is 0.0623. The first-order chi connectivity index (χ1) is 14.9. The van der Waals surface area contributed by atoms with Gasteiger partial charge in [-0.2, -0.15) is 0 Å². The highest BCUT2D eigenvalue weighted by Gasteiger charge is 2.25. The summed E-state index contributed by atoms with van der Waals surface area (Å²) in [5.74, 6) is 1.76. The number of rotatable bonds is 4. The molecule has 7 heteroatoms. The molecule has 3 aromatic rings. The van der Waals surface area contributed by atoms with Crippen LogP contribution in [0, 0.1) is 13.8 Å². The van der Waals surface area contributed by atoms with Gasteiger partial charge in [-0.1, -0.05) is 51.8 Å². The first-order valence-electron chi connectivity index (χ1n) is 10.3. The molecule has 1 amide bonds. The van der Waals surface area contributed by atoms with E-state index in [1.54, 1.807) is 0 Å². The third-order valence-corrected chi connectivity index (χ3v) is 6.43. The van der Waals surface area contributed by atoms with Crippen LogP contribution in [0.3, 0.4) is 0 Å². The maximum atomic E-state index is 12.9. The van der Waals surface area contributed by atoms with Gasteiger partial charge in [0.1, 0.15) is 11.6 Å². The molecular formula is C24H24BrClN4O. The van der Waals surface area contributed by atoms with E-state index in [2.05, 4.69) is 25.8 Å². The number of aryl methyl sites for hydroxylation is 2. The van der Waals surface area contributed by atoms with Gasteiger partial charge in [0.25, 0.3) is 5.91 Å². The number of nitrogens with zero attached hydrogens (tertiary/aromatic N) is 4. The molecule has 1 aliphatic rings. The van der Waals surface area contributed by atoms with E-state index in [9.17, 15) is 4.79 Å². The molecule has 2 aromatic carbocycles. The lowest BCUT2D eigenvalue weighted by Gasteiger charge is -2.36. The van der Waals surface area contributed by atoms with Crippen LogP contribution in [-0.2, 0) is 6.42 Å². The molecule has 0 unspecified atom stereocenters. The fourth-order valence-electron chi connectivity index (χ4n) is 3.94. The van der Waals surface area contributed by atoms with Gasteiger partial charge in [-0.05, 0) is 43.7 Å². The quantitative estimate of drug-likeness (QED) is 0.503. The Labute approximate surface area is 196 Å². The first-order valence-corrected chi connectivity index (χ1v) is 11.5. The van der Waals surface area contributed by atoms with Crippen LogP contribution in [-0.4, -0.2) is 47.0 Å². The number of benzene rings is 2. The topological polar surface area (TPSA) is 49.3 Å². The minimum atomic E-state index is 0.0623. The number of anilines is 1. The van der Waals surface area contributed by atoms with E-state index in [1.807, 2.05) is 67.3 Å². The fourth-order valence-corrected chi connectivity index (χ4v) is 4.55. The van der Waals surface area contributed by atoms with E-state index < -0.39 is 0 Å². The van der Waals surface area contributed by atoms with E-state index in [4.69, 9.17) is 16.6 Å². The molecule has 1 saturated heterocycles. The molecule has 0 bridgehead atoms. The zero-order chi connectivity index (χ0) is 22.0. The molecule has 160 valence electrons. The predicted molar refractivity (Wildman–Crippen MR) is 128 cm³/mol. The standard InChI is InChI=1S/C24H24BrClN4O/c1-16-21(15-18-6-3-4-9-22(18)26)23(28-17(2)27-16)29-10-12-30(13-11-29)24(31)19-7-5-8-20(25)14-19/h3-9,14H,10-13,15H2,1-2H3. The summed E-state index contributed by atoms with van der Waals surface area (Å²) >= 11 is 9.86. The summed E-state index contributed by atoms with van der Waals surface area (Å²) < 4.78 is 0.910. The van der Waals surface area contributed by atoms with Crippen molar-refractivity contribution in [1.29, 1.82) is 0 Å². The van der Waals surface area contributed by atoms with Crippen molar-refractivity contribution in [3.05, 3.63) is 86.2 Å². The molecule has 5 nitrogen and oxygen atoms in total. The van der Waals surface area contributed by atoms with Crippen molar-refractivity contribution in [3.8, 4) is 0 Å². The average molecular weight is 500 g/mol. The SMILES string of the molecule is Cc1nc(C)c(Cc2ccccc2Cl)c(N2CCN(C(=O)c3cccc(Br)c3)CC2)n1. The Morgan fingerprint density at radius 2 is 1.77 bits per heavy atom. The van der Waals surface area contributed by atoms with Crippen LogP contribution in [0.15, 0.2) is 53.0 Å².